The molecule has 0 radical (unpaired) electrons. The number of ether oxygens (including phenoxy) is 2. The summed E-state index contributed by atoms with van der Waals surface area (Å²) in [5.74, 6) is 1.92. The third kappa shape index (κ3) is 4.29. The minimum atomic E-state index is -0.408. The van der Waals surface area contributed by atoms with Gasteiger partial charge in [0.1, 0.15) is 5.75 Å². The number of anilines is 1. The van der Waals surface area contributed by atoms with Crippen LogP contribution in [0.1, 0.15) is 24.3 Å². The normalized spacial score (nSPS) is 19.3. The molecule has 1 unspecified atom stereocenters. The Hall–Kier alpha value is -2.80. The Morgan fingerprint density at radius 1 is 1.17 bits per heavy atom. The fourth-order valence-corrected chi connectivity index (χ4v) is 4.30. The fraction of sp³-hybridized carbons (Fsp3) is 0.455. The van der Waals surface area contributed by atoms with Crippen LogP contribution < -0.4 is 14.4 Å². The van der Waals surface area contributed by atoms with Gasteiger partial charge in [-0.3, -0.25) is 15.0 Å². The van der Waals surface area contributed by atoms with Crippen LogP contribution >= 0.6 is 0 Å². The van der Waals surface area contributed by atoms with E-state index in [1.807, 2.05) is 12.1 Å². The van der Waals surface area contributed by atoms with Crippen molar-refractivity contribution in [1.29, 1.82) is 0 Å². The van der Waals surface area contributed by atoms with Crippen molar-refractivity contribution in [2.75, 3.05) is 51.3 Å². The van der Waals surface area contributed by atoms with Gasteiger partial charge in [0.2, 0.25) is 0 Å². The van der Waals surface area contributed by atoms with Gasteiger partial charge in [-0.2, -0.15) is 0 Å². The van der Waals surface area contributed by atoms with Gasteiger partial charge in [-0.05, 0) is 43.0 Å². The van der Waals surface area contributed by atoms with Gasteiger partial charge >= 0.3 is 5.69 Å². The number of rotatable bonds is 6. The predicted molar refractivity (Wildman–Crippen MR) is 112 cm³/mol. The summed E-state index contributed by atoms with van der Waals surface area (Å²) < 4.78 is 11.0. The zero-order valence-corrected chi connectivity index (χ0v) is 16.8. The standard InChI is InChI=1S/C22H27N3O4/c1-28-22-16-18(6-7-20(22)25(26)27)24-13-11-23(12-14-24)10-8-17-9-15-29-21-5-3-2-4-19(17)21/h2-7,16-17H,8-15H2,1H3. The number of para-hydroxylation sites is 1. The predicted octanol–water partition coefficient (Wildman–Crippen LogP) is 3.68. The smallest absolute Gasteiger partial charge is 0.311 e. The molecule has 29 heavy (non-hydrogen) atoms. The van der Waals surface area contributed by atoms with Crippen LogP contribution in [0.4, 0.5) is 11.4 Å². The van der Waals surface area contributed by atoms with Crippen molar-refractivity contribution in [3.05, 3.63) is 58.1 Å². The lowest BCUT2D eigenvalue weighted by molar-refractivity contribution is -0.385. The zero-order chi connectivity index (χ0) is 20.2. The molecule has 2 aromatic rings. The number of fused-ring (bicyclic) bond motifs is 1. The first-order chi connectivity index (χ1) is 14.2. The van der Waals surface area contributed by atoms with Crippen molar-refractivity contribution in [1.82, 2.24) is 4.90 Å². The second-order valence-corrected chi connectivity index (χ2v) is 7.60. The SMILES string of the molecule is COc1cc(N2CCN(CCC3CCOc4ccccc43)CC2)ccc1[N+](=O)[O-]. The molecule has 2 aliphatic heterocycles. The first kappa shape index (κ1) is 19.5. The van der Waals surface area contributed by atoms with Crippen LogP contribution in [-0.2, 0) is 0 Å². The summed E-state index contributed by atoms with van der Waals surface area (Å²) in [6, 6.07) is 13.5. The van der Waals surface area contributed by atoms with E-state index in [-0.39, 0.29) is 5.69 Å². The molecule has 0 saturated carbocycles. The maximum absolute atomic E-state index is 11.1. The molecule has 0 N–H and O–H groups in total. The van der Waals surface area contributed by atoms with Crippen LogP contribution in [-0.4, -0.2) is 56.3 Å². The third-order valence-electron chi connectivity index (χ3n) is 5.97. The van der Waals surface area contributed by atoms with E-state index in [1.54, 1.807) is 6.07 Å². The highest BCUT2D eigenvalue weighted by molar-refractivity contribution is 5.59. The van der Waals surface area contributed by atoms with Gasteiger partial charge in [-0.15, -0.1) is 0 Å². The van der Waals surface area contributed by atoms with E-state index in [0.29, 0.717) is 11.7 Å². The van der Waals surface area contributed by atoms with Gasteiger partial charge in [0.15, 0.2) is 5.75 Å². The first-order valence-electron chi connectivity index (χ1n) is 10.2. The minimum absolute atomic E-state index is 0.00614. The monoisotopic (exact) mass is 397 g/mol. The molecule has 0 aliphatic carbocycles. The van der Waals surface area contributed by atoms with Gasteiger partial charge in [0.05, 0.1) is 18.6 Å². The molecule has 1 fully saturated rings. The molecule has 2 aliphatic rings. The van der Waals surface area contributed by atoms with Crippen molar-refractivity contribution in [2.45, 2.75) is 18.8 Å². The Balaban J connectivity index is 1.32. The Morgan fingerprint density at radius 3 is 2.72 bits per heavy atom. The molecule has 1 saturated heterocycles. The number of nitro groups is 1. The van der Waals surface area contributed by atoms with Gasteiger partial charge in [-0.25, -0.2) is 0 Å². The van der Waals surface area contributed by atoms with Crippen molar-refractivity contribution in [3.63, 3.8) is 0 Å². The lowest BCUT2D eigenvalue weighted by Crippen LogP contribution is -2.46. The second kappa shape index (κ2) is 8.69. The van der Waals surface area contributed by atoms with Crippen molar-refractivity contribution < 1.29 is 14.4 Å². The maximum Gasteiger partial charge on any atom is 0.311 e. The molecule has 0 aromatic heterocycles. The zero-order valence-electron chi connectivity index (χ0n) is 16.8. The van der Waals surface area contributed by atoms with Crippen molar-refractivity contribution >= 4 is 11.4 Å². The molecule has 7 heteroatoms. The van der Waals surface area contributed by atoms with E-state index in [4.69, 9.17) is 9.47 Å². The Morgan fingerprint density at radius 2 is 1.97 bits per heavy atom. The number of hydrogen-bond acceptors (Lipinski definition) is 6. The van der Waals surface area contributed by atoms with E-state index in [0.717, 1.165) is 63.6 Å². The van der Waals surface area contributed by atoms with Gasteiger partial charge in [0.25, 0.3) is 0 Å². The summed E-state index contributed by atoms with van der Waals surface area (Å²) in [5, 5.41) is 11.1. The first-order valence-corrected chi connectivity index (χ1v) is 10.2. The van der Waals surface area contributed by atoms with E-state index in [2.05, 4.69) is 28.0 Å². The molecule has 154 valence electrons. The van der Waals surface area contributed by atoms with Gasteiger partial charge < -0.3 is 14.4 Å². The number of piperazine rings is 1. The molecular formula is C22H27N3O4. The number of nitro benzene ring substituents is 1. The van der Waals surface area contributed by atoms with E-state index < -0.39 is 4.92 Å². The highest BCUT2D eigenvalue weighted by atomic mass is 16.6. The summed E-state index contributed by atoms with van der Waals surface area (Å²) in [4.78, 5) is 15.5. The molecule has 7 nitrogen and oxygen atoms in total. The Kier molecular flexibility index (Phi) is 5.85. The summed E-state index contributed by atoms with van der Waals surface area (Å²) >= 11 is 0. The molecule has 4 rings (SSSR count). The Bertz CT molecular complexity index is 865. The number of benzene rings is 2. The summed E-state index contributed by atoms with van der Waals surface area (Å²) in [6.07, 6.45) is 2.23. The third-order valence-corrected chi connectivity index (χ3v) is 5.97. The quantitative estimate of drug-likeness (QED) is 0.547. The van der Waals surface area contributed by atoms with Crippen LogP contribution in [0, 0.1) is 10.1 Å². The highest BCUT2D eigenvalue weighted by Gasteiger charge is 2.24. The van der Waals surface area contributed by atoms with Crippen molar-refractivity contribution in [3.8, 4) is 11.5 Å². The van der Waals surface area contributed by atoms with Crippen LogP contribution in [0.15, 0.2) is 42.5 Å². The van der Waals surface area contributed by atoms with E-state index in [9.17, 15) is 10.1 Å². The summed E-state index contributed by atoms with van der Waals surface area (Å²) in [6.45, 7) is 5.68. The topological polar surface area (TPSA) is 68.1 Å². The van der Waals surface area contributed by atoms with Crippen LogP contribution in [0.3, 0.4) is 0 Å². The highest BCUT2D eigenvalue weighted by Crippen LogP contribution is 2.36. The van der Waals surface area contributed by atoms with Crippen LogP contribution in [0.25, 0.3) is 0 Å². The van der Waals surface area contributed by atoms with Crippen LogP contribution in [0.2, 0.25) is 0 Å². The summed E-state index contributed by atoms with van der Waals surface area (Å²) in [7, 11) is 1.47. The lowest BCUT2D eigenvalue weighted by atomic mass is 9.90. The van der Waals surface area contributed by atoms with Gasteiger partial charge in [-0.1, -0.05) is 18.2 Å². The molecule has 2 heterocycles. The Labute approximate surface area is 171 Å². The number of nitrogens with zero attached hydrogens (tertiary/aromatic N) is 3. The molecular weight excluding hydrogens is 370 g/mol. The minimum Gasteiger partial charge on any atom is -0.493 e. The number of hydrogen-bond donors (Lipinski definition) is 0. The molecule has 2 aromatic carbocycles. The average Bonchev–Trinajstić information content (AvgIpc) is 2.77. The van der Waals surface area contributed by atoms with Crippen molar-refractivity contribution in [2.24, 2.45) is 0 Å². The fourth-order valence-electron chi connectivity index (χ4n) is 4.30. The lowest BCUT2D eigenvalue weighted by Gasteiger charge is -2.37. The largest absolute Gasteiger partial charge is 0.493 e. The van der Waals surface area contributed by atoms with E-state index in [1.165, 1.54) is 18.7 Å². The molecule has 1 atom stereocenters. The van der Waals surface area contributed by atoms with Crippen LogP contribution in [0.5, 0.6) is 11.5 Å². The molecule has 0 spiro atoms. The average molecular weight is 397 g/mol. The second-order valence-electron chi connectivity index (χ2n) is 7.60. The summed E-state index contributed by atoms with van der Waals surface area (Å²) in [5.41, 5.74) is 2.33. The number of methoxy groups -OCH3 is 1. The maximum atomic E-state index is 11.1. The van der Waals surface area contributed by atoms with Gasteiger partial charge in [0, 0.05) is 44.0 Å². The van der Waals surface area contributed by atoms with E-state index >= 15 is 0 Å². The molecule has 0 amide bonds. The molecule has 0 bridgehead atoms.